The average molecular weight is 409 g/mol. The van der Waals surface area contributed by atoms with E-state index in [1.54, 1.807) is 6.92 Å². The molecule has 28 heavy (non-hydrogen) atoms. The highest BCUT2D eigenvalue weighted by atomic mass is 32.2. The van der Waals surface area contributed by atoms with E-state index in [1.165, 1.54) is 34.6 Å². The van der Waals surface area contributed by atoms with E-state index in [-0.39, 0.29) is 29.4 Å². The summed E-state index contributed by atoms with van der Waals surface area (Å²) in [4.78, 5) is 23.9. The molecule has 1 saturated heterocycles. The van der Waals surface area contributed by atoms with Gasteiger partial charge in [0.05, 0.1) is 23.7 Å². The fourth-order valence-electron chi connectivity index (χ4n) is 2.52. The SMILES string of the molecule is Cc1cc(NC(=O)COC(=O)c2ccc(S(=O)(=O)N3CCOCC3)cc2)no1. The first-order chi connectivity index (χ1) is 13.4. The average Bonchev–Trinajstić information content (AvgIpc) is 3.11. The summed E-state index contributed by atoms with van der Waals surface area (Å²) >= 11 is 0. The largest absolute Gasteiger partial charge is 0.452 e. The van der Waals surface area contributed by atoms with Gasteiger partial charge >= 0.3 is 5.97 Å². The highest BCUT2D eigenvalue weighted by Crippen LogP contribution is 2.18. The van der Waals surface area contributed by atoms with Crippen molar-refractivity contribution in [3.8, 4) is 0 Å². The molecule has 1 aromatic carbocycles. The molecule has 3 rings (SSSR count). The Morgan fingerprint density at radius 2 is 1.89 bits per heavy atom. The van der Waals surface area contributed by atoms with Gasteiger partial charge in [0.15, 0.2) is 12.4 Å². The predicted molar refractivity (Wildman–Crippen MR) is 96.2 cm³/mol. The van der Waals surface area contributed by atoms with Crippen LogP contribution in [0.15, 0.2) is 39.8 Å². The molecule has 1 aromatic heterocycles. The molecule has 1 N–H and O–H groups in total. The molecule has 0 spiro atoms. The number of sulfonamides is 1. The van der Waals surface area contributed by atoms with Gasteiger partial charge in [-0.15, -0.1) is 0 Å². The standard InChI is InChI=1S/C17H19N3O7S/c1-12-10-15(19-27-12)18-16(21)11-26-17(22)13-2-4-14(5-3-13)28(23,24)20-6-8-25-9-7-20/h2-5,10H,6-9,11H2,1H3,(H,18,19,21). The quantitative estimate of drug-likeness (QED) is 0.694. The van der Waals surface area contributed by atoms with E-state index in [4.69, 9.17) is 14.0 Å². The Hall–Kier alpha value is -2.76. The van der Waals surface area contributed by atoms with E-state index in [0.717, 1.165) is 0 Å². The molecule has 1 fully saturated rings. The van der Waals surface area contributed by atoms with Crippen LogP contribution in [-0.4, -0.2) is 62.7 Å². The number of nitrogens with one attached hydrogen (secondary N) is 1. The van der Waals surface area contributed by atoms with Gasteiger partial charge in [0.2, 0.25) is 10.0 Å². The first-order valence-electron chi connectivity index (χ1n) is 8.44. The van der Waals surface area contributed by atoms with Crippen molar-refractivity contribution < 1.29 is 32.0 Å². The van der Waals surface area contributed by atoms with Crippen LogP contribution in [0.25, 0.3) is 0 Å². The summed E-state index contributed by atoms with van der Waals surface area (Å²) in [5, 5.41) is 6.01. The minimum absolute atomic E-state index is 0.0742. The highest BCUT2D eigenvalue weighted by molar-refractivity contribution is 7.89. The third-order valence-corrected chi connectivity index (χ3v) is 5.84. The summed E-state index contributed by atoms with van der Waals surface area (Å²) in [6, 6.07) is 6.87. The second-order valence-electron chi connectivity index (χ2n) is 5.99. The van der Waals surface area contributed by atoms with Gasteiger partial charge in [-0.2, -0.15) is 4.31 Å². The molecular formula is C17H19N3O7S. The maximum Gasteiger partial charge on any atom is 0.338 e. The number of anilines is 1. The van der Waals surface area contributed by atoms with Crippen LogP contribution in [0.2, 0.25) is 0 Å². The molecule has 0 atom stereocenters. The summed E-state index contributed by atoms with van der Waals surface area (Å²) in [5.41, 5.74) is 0.131. The number of esters is 1. The summed E-state index contributed by atoms with van der Waals surface area (Å²) in [6.45, 7) is 2.42. The number of rotatable bonds is 6. The van der Waals surface area contributed by atoms with Gasteiger partial charge in [0.1, 0.15) is 5.76 Å². The van der Waals surface area contributed by atoms with Gasteiger partial charge in [-0.1, -0.05) is 5.16 Å². The predicted octanol–water partition coefficient (Wildman–Crippen LogP) is 0.799. The van der Waals surface area contributed by atoms with Gasteiger partial charge in [-0.25, -0.2) is 13.2 Å². The summed E-state index contributed by atoms with van der Waals surface area (Å²) < 4.78 is 41.3. The Labute approximate surface area is 161 Å². The molecule has 150 valence electrons. The van der Waals surface area contributed by atoms with E-state index in [2.05, 4.69) is 10.5 Å². The lowest BCUT2D eigenvalue weighted by Crippen LogP contribution is -2.40. The number of hydrogen-bond acceptors (Lipinski definition) is 8. The Kier molecular flexibility index (Phi) is 6.07. The molecule has 10 nitrogen and oxygen atoms in total. The highest BCUT2D eigenvalue weighted by Gasteiger charge is 2.26. The molecule has 11 heteroatoms. The fraction of sp³-hybridized carbons (Fsp3) is 0.353. The van der Waals surface area contributed by atoms with Crippen LogP contribution in [0.4, 0.5) is 5.82 Å². The van der Waals surface area contributed by atoms with Crippen LogP contribution >= 0.6 is 0 Å². The summed E-state index contributed by atoms with van der Waals surface area (Å²) in [6.07, 6.45) is 0. The molecule has 1 amide bonds. The Morgan fingerprint density at radius 1 is 1.21 bits per heavy atom. The maximum absolute atomic E-state index is 12.5. The Bertz CT molecular complexity index is 947. The van der Waals surface area contributed by atoms with E-state index >= 15 is 0 Å². The Morgan fingerprint density at radius 3 is 2.50 bits per heavy atom. The van der Waals surface area contributed by atoms with Crippen LogP contribution in [0.3, 0.4) is 0 Å². The van der Waals surface area contributed by atoms with Crippen LogP contribution in [0.5, 0.6) is 0 Å². The molecule has 1 aliphatic rings. The van der Waals surface area contributed by atoms with E-state index in [0.29, 0.717) is 19.0 Å². The van der Waals surface area contributed by atoms with Crippen LogP contribution in [-0.2, 0) is 24.3 Å². The lowest BCUT2D eigenvalue weighted by atomic mass is 10.2. The maximum atomic E-state index is 12.5. The number of hydrogen-bond donors (Lipinski definition) is 1. The van der Waals surface area contributed by atoms with Crippen LogP contribution < -0.4 is 5.32 Å². The summed E-state index contributed by atoms with van der Waals surface area (Å²) in [5.74, 6) is -0.578. The normalized spacial score (nSPS) is 15.2. The van der Waals surface area contributed by atoms with Crippen molar-refractivity contribution in [3.05, 3.63) is 41.7 Å². The number of morpholine rings is 1. The number of ether oxygens (including phenoxy) is 2. The zero-order valence-corrected chi connectivity index (χ0v) is 15.9. The smallest absolute Gasteiger partial charge is 0.338 e. The zero-order valence-electron chi connectivity index (χ0n) is 15.1. The molecule has 2 heterocycles. The van der Waals surface area contributed by atoms with Gasteiger partial charge < -0.3 is 19.3 Å². The Balaban J connectivity index is 1.56. The lowest BCUT2D eigenvalue weighted by Gasteiger charge is -2.26. The van der Waals surface area contributed by atoms with Gasteiger partial charge in [0, 0.05) is 19.2 Å². The third kappa shape index (κ3) is 4.74. The zero-order chi connectivity index (χ0) is 20.1. The van der Waals surface area contributed by atoms with E-state index < -0.39 is 28.5 Å². The number of carbonyl (C=O) groups excluding carboxylic acids is 2. The van der Waals surface area contributed by atoms with Crippen molar-refractivity contribution in [2.45, 2.75) is 11.8 Å². The topological polar surface area (TPSA) is 128 Å². The molecule has 2 aromatic rings. The molecule has 0 unspecified atom stereocenters. The number of benzene rings is 1. The van der Waals surface area contributed by atoms with E-state index in [1.807, 2.05) is 0 Å². The number of aromatic nitrogens is 1. The van der Waals surface area contributed by atoms with Gasteiger partial charge in [0.25, 0.3) is 5.91 Å². The van der Waals surface area contributed by atoms with Crippen molar-refractivity contribution in [2.75, 3.05) is 38.2 Å². The molecular weight excluding hydrogens is 390 g/mol. The van der Waals surface area contributed by atoms with Crippen molar-refractivity contribution in [3.63, 3.8) is 0 Å². The minimum Gasteiger partial charge on any atom is -0.452 e. The van der Waals surface area contributed by atoms with Crippen molar-refractivity contribution >= 4 is 27.7 Å². The number of nitrogens with zero attached hydrogens (tertiary/aromatic N) is 2. The van der Waals surface area contributed by atoms with Crippen LogP contribution in [0.1, 0.15) is 16.1 Å². The first kappa shape index (κ1) is 20.0. The molecule has 0 aliphatic carbocycles. The second kappa shape index (κ2) is 8.50. The molecule has 0 saturated carbocycles. The molecule has 0 radical (unpaired) electrons. The molecule has 1 aliphatic heterocycles. The van der Waals surface area contributed by atoms with Crippen molar-refractivity contribution in [2.24, 2.45) is 0 Å². The number of amides is 1. The fourth-order valence-corrected chi connectivity index (χ4v) is 3.93. The van der Waals surface area contributed by atoms with Gasteiger partial charge in [-0.3, -0.25) is 4.79 Å². The first-order valence-corrected chi connectivity index (χ1v) is 9.88. The third-order valence-electron chi connectivity index (χ3n) is 3.93. The second-order valence-corrected chi connectivity index (χ2v) is 7.93. The van der Waals surface area contributed by atoms with Crippen molar-refractivity contribution in [1.29, 1.82) is 0 Å². The number of aryl methyl sites for hydroxylation is 1. The number of carbonyl (C=O) groups is 2. The minimum atomic E-state index is -3.64. The monoisotopic (exact) mass is 409 g/mol. The summed E-state index contributed by atoms with van der Waals surface area (Å²) in [7, 11) is -3.64. The van der Waals surface area contributed by atoms with Gasteiger partial charge in [-0.05, 0) is 31.2 Å². The van der Waals surface area contributed by atoms with Crippen molar-refractivity contribution in [1.82, 2.24) is 9.46 Å². The molecule has 0 bridgehead atoms. The van der Waals surface area contributed by atoms with E-state index in [9.17, 15) is 18.0 Å². The lowest BCUT2D eigenvalue weighted by molar-refractivity contribution is -0.119. The van der Waals surface area contributed by atoms with Crippen LogP contribution in [0, 0.1) is 6.92 Å².